The highest BCUT2D eigenvalue weighted by Crippen LogP contribution is 2.35. The third kappa shape index (κ3) is 3.06. The lowest BCUT2D eigenvalue weighted by Crippen LogP contribution is -2.32. The third-order valence-electron chi connectivity index (χ3n) is 5.85. The van der Waals surface area contributed by atoms with Crippen molar-refractivity contribution in [3.05, 3.63) is 71.9 Å². The van der Waals surface area contributed by atoms with E-state index in [0.717, 1.165) is 24.2 Å². The summed E-state index contributed by atoms with van der Waals surface area (Å²) in [5, 5.41) is 4.21. The lowest BCUT2D eigenvalue weighted by atomic mass is 9.94. The number of hydrogen-bond donors (Lipinski definition) is 2. The van der Waals surface area contributed by atoms with Crippen molar-refractivity contribution in [2.24, 2.45) is 0 Å². The number of H-pyrrole nitrogens is 1. The summed E-state index contributed by atoms with van der Waals surface area (Å²) in [6.07, 6.45) is 8.23. The molecule has 0 aliphatic carbocycles. The number of rotatable bonds is 3. The van der Waals surface area contributed by atoms with Gasteiger partial charge in [-0.25, -0.2) is 0 Å². The van der Waals surface area contributed by atoms with Crippen molar-refractivity contribution in [1.82, 2.24) is 9.88 Å². The fourth-order valence-corrected chi connectivity index (χ4v) is 4.41. The predicted molar refractivity (Wildman–Crippen MR) is 110 cm³/mol. The van der Waals surface area contributed by atoms with Crippen LogP contribution in [0.15, 0.2) is 60.8 Å². The Bertz CT molecular complexity index is 1020. The second-order valence-electron chi connectivity index (χ2n) is 7.51. The molecule has 4 heteroatoms. The van der Waals surface area contributed by atoms with Gasteiger partial charge in [-0.15, -0.1) is 0 Å². The van der Waals surface area contributed by atoms with Gasteiger partial charge in [-0.2, -0.15) is 0 Å². The number of aromatic nitrogens is 1. The second kappa shape index (κ2) is 6.71. The van der Waals surface area contributed by atoms with Crippen LogP contribution in [0.4, 0.5) is 5.69 Å². The van der Waals surface area contributed by atoms with Crippen molar-refractivity contribution in [3.63, 3.8) is 0 Å². The molecule has 27 heavy (non-hydrogen) atoms. The molecule has 2 N–H and O–H groups in total. The number of amides is 1. The minimum absolute atomic E-state index is 0.0782. The van der Waals surface area contributed by atoms with E-state index in [1.807, 2.05) is 42.5 Å². The molecule has 0 spiro atoms. The number of aromatic amines is 1. The van der Waals surface area contributed by atoms with Crippen LogP contribution in [-0.2, 0) is 0 Å². The van der Waals surface area contributed by atoms with Gasteiger partial charge in [-0.05, 0) is 61.7 Å². The van der Waals surface area contributed by atoms with Gasteiger partial charge in [0, 0.05) is 46.5 Å². The molecule has 2 aliphatic rings. The van der Waals surface area contributed by atoms with Crippen LogP contribution in [-0.4, -0.2) is 34.9 Å². The zero-order valence-electron chi connectivity index (χ0n) is 15.2. The number of carbonyl (C=O) groups excluding carboxylic acids is 1. The summed E-state index contributed by atoms with van der Waals surface area (Å²) in [5.41, 5.74) is 5.31. The molecule has 0 radical (unpaired) electrons. The maximum absolute atomic E-state index is 12.5. The van der Waals surface area contributed by atoms with Gasteiger partial charge in [0.2, 0.25) is 0 Å². The molecule has 1 atom stereocenters. The molecule has 1 fully saturated rings. The van der Waals surface area contributed by atoms with E-state index in [9.17, 15) is 4.79 Å². The summed E-state index contributed by atoms with van der Waals surface area (Å²) in [4.78, 5) is 18.4. The third-order valence-corrected chi connectivity index (χ3v) is 5.85. The molecular weight excluding hydrogens is 334 g/mol. The van der Waals surface area contributed by atoms with Gasteiger partial charge >= 0.3 is 0 Å². The van der Waals surface area contributed by atoms with Crippen molar-refractivity contribution >= 4 is 28.1 Å². The lowest BCUT2D eigenvalue weighted by molar-refractivity contribution is 0.102. The Balaban J connectivity index is 1.44. The first-order valence-electron chi connectivity index (χ1n) is 9.69. The van der Waals surface area contributed by atoms with Gasteiger partial charge in [0.05, 0.1) is 0 Å². The number of nitrogens with zero attached hydrogens (tertiary/aromatic N) is 1. The number of fused-ring (bicyclic) bond motifs is 2. The zero-order chi connectivity index (χ0) is 18.2. The topological polar surface area (TPSA) is 48.1 Å². The highest BCUT2D eigenvalue weighted by Gasteiger charge is 2.28. The van der Waals surface area contributed by atoms with Crippen molar-refractivity contribution in [2.45, 2.75) is 25.3 Å². The average molecular weight is 357 g/mol. The smallest absolute Gasteiger partial charge is 0.255 e. The van der Waals surface area contributed by atoms with Crippen LogP contribution in [0, 0.1) is 0 Å². The molecule has 1 saturated heterocycles. The summed E-state index contributed by atoms with van der Waals surface area (Å²) in [5.74, 6) is -0.0782. The molecule has 1 aromatic heterocycles. The van der Waals surface area contributed by atoms with E-state index in [2.05, 4.69) is 33.5 Å². The summed E-state index contributed by atoms with van der Waals surface area (Å²) in [6, 6.07) is 16.1. The molecule has 3 heterocycles. The van der Waals surface area contributed by atoms with Crippen molar-refractivity contribution in [2.75, 3.05) is 18.4 Å². The number of carbonyl (C=O) groups is 1. The van der Waals surface area contributed by atoms with Crippen molar-refractivity contribution < 1.29 is 4.79 Å². The minimum atomic E-state index is -0.0782. The number of hydrogen-bond acceptors (Lipinski definition) is 2. The van der Waals surface area contributed by atoms with Crippen LogP contribution >= 0.6 is 0 Å². The normalized spacial score (nSPS) is 19.7. The van der Waals surface area contributed by atoms with Crippen LogP contribution < -0.4 is 5.32 Å². The molecular formula is C23H23N3O. The predicted octanol–water partition coefficient (Wildman–Crippen LogP) is 4.67. The quantitative estimate of drug-likeness (QED) is 0.715. The standard InChI is InChI=1S/C23H23N3O/c27-23(16-5-2-1-3-6-16)25-18-8-9-22-20(14-18)21(15-24-22)17-10-12-26-11-4-7-19(26)13-17/h1-3,5-6,8-10,14-15,19,24H,4,7,11-13H2,(H,25,27). The lowest BCUT2D eigenvalue weighted by Gasteiger charge is -2.29. The Morgan fingerprint density at radius 3 is 2.93 bits per heavy atom. The minimum Gasteiger partial charge on any atom is -0.361 e. The maximum Gasteiger partial charge on any atom is 0.255 e. The monoisotopic (exact) mass is 357 g/mol. The summed E-state index contributed by atoms with van der Waals surface area (Å²) < 4.78 is 0. The molecule has 0 bridgehead atoms. The van der Waals surface area contributed by atoms with Crippen LogP contribution in [0.5, 0.6) is 0 Å². The fourth-order valence-electron chi connectivity index (χ4n) is 4.41. The molecule has 2 aliphatic heterocycles. The van der Waals surface area contributed by atoms with Crippen LogP contribution in [0.25, 0.3) is 16.5 Å². The Hall–Kier alpha value is -2.85. The molecule has 0 saturated carbocycles. The van der Waals surface area contributed by atoms with Gasteiger partial charge in [-0.1, -0.05) is 24.3 Å². The molecule has 3 aromatic rings. The highest BCUT2D eigenvalue weighted by molar-refractivity contribution is 6.05. The van der Waals surface area contributed by atoms with Gasteiger partial charge in [0.15, 0.2) is 0 Å². The number of nitrogens with one attached hydrogen (secondary N) is 2. The van der Waals surface area contributed by atoms with E-state index < -0.39 is 0 Å². The number of benzene rings is 2. The fraction of sp³-hybridized carbons (Fsp3) is 0.261. The Kier molecular flexibility index (Phi) is 4.06. The van der Waals surface area contributed by atoms with Gasteiger partial charge in [-0.3, -0.25) is 9.69 Å². The molecule has 1 unspecified atom stereocenters. The van der Waals surface area contributed by atoms with Crippen LogP contribution in [0.2, 0.25) is 0 Å². The molecule has 136 valence electrons. The maximum atomic E-state index is 12.5. The second-order valence-corrected chi connectivity index (χ2v) is 7.51. The van der Waals surface area contributed by atoms with E-state index >= 15 is 0 Å². The average Bonchev–Trinajstić information content (AvgIpc) is 3.34. The van der Waals surface area contributed by atoms with Crippen LogP contribution in [0.1, 0.15) is 35.2 Å². The highest BCUT2D eigenvalue weighted by atomic mass is 16.1. The van der Waals surface area contributed by atoms with Crippen molar-refractivity contribution in [1.29, 1.82) is 0 Å². The zero-order valence-corrected chi connectivity index (χ0v) is 15.2. The summed E-state index contributed by atoms with van der Waals surface area (Å²) in [7, 11) is 0. The van der Waals surface area contributed by atoms with E-state index in [0.29, 0.717) is 11.6 Å². The van der Waals surface area contributed by atoms with Gasteiger partial charge in [0.1, 0.15) is 0 Å². The van der Waals surface area contributed by atoms with Gasteiger partial charge in [0.25, 0.3) is 5.91 Å². The summed E-state index contributed by atoms with van der Waals surface area (Å²) >= 11 is 0. The largest absolute Gasteiger partial charge is 0.361 e. The Morgan fingerprint density at radius 2 is 2.04 bits per heavy atom. The molecule has 4 nitrogen and oxygen atoms in total. The summed E-state index contributed by atoms with van der Waals surface area (Å²) in [6.45, 7) is 2.29. The first kappa shape index (κ1) is 16.3. The van der Waals surface area contributed by atoms with E-state index in [4.69, 9.17) is 0 Å². The van der Waals surface area contributed by atoms with Crippen LogP contribution in [0.3, 0.4) is 0 Å². The number of anilines is 1. The van der Waals surface area contributed by atoms with Gasteiger partial charge < -0.3 is 10.3 Å². The first-order chi connectivity index (χ1) is 13.3. The molecule has 2 aromatic carbocycles. The Labute approximate surface area is 158 Å². The Morgan fingerprint density at radius 1 is 1.15 bits per heavy atom. The van der Waals surface area contributed by atoms with Crippen molar-refractivity contribution in [3.8, 4) is 0 Å². The van der Waals surface area contributed by atoms with E-state index in [-0.39, 0.29) is 5.91 Å². The SMILES string of the molecule is O=C(Nc1ccc2[nH]cc(C3=CCN4CCCC4C3)c2c1)c1ccccc1. The molecule has 1 amide bonds. The molecule has 5 rings (SSSR count). The van der Waals surface area contributed by atoms with E-state index in [1.165, 1.54) is 35.9 Å². The first-order valence-corrected chi connectivity index (χ1v) is 9.69. The van der Waals surface area contributed by atoms with E-state index in [1.54, 1.807) is 0 Å².